The van der Waals surface area contributed by atoms with E-state index in [1.54, 1.807) is 38.1 Å². The van der Waals surface area contributed by atoms with Gasteiger partial charge in [0, 0.05) is 12.8 Å². The van der Waals surface area contributed by atoms with E-state index in [-0.39, 0.29) is 35.8 Å². The van der Waals surface area contributed by atoms with Crippen molar-refractivity contribution in [3.05, 3.63) is 44.3 Å². The number of benzene rings is 2. The Morgan fingerprint density at radius 1 is 0.824 bits per heavy atom. The number of hydrogen-bond donors (Lipinski definition) is 4. The Morgan fingerprint density at radius 2 is 1.21 bits per heavy atom. The zero-order valence-corrected chi connectivity index (χ0v) is 21.6. The minimum atomic E-state index is -0.456. The Hall–Kier alpha value is -3.12. The highest BCUT2D eigenvalue weighted by Crippen LogP contribution is 2.35. The van der Waals surface area contributed by atoms with Crippen LogP contribution in [-0.4, -0.2) is 47.7 Å². The molecular formula is C22H24Br2N4O6. The summed E-state index contributed by atoms with van der Waals surface area (Å²) in [6.45, 7) is 4.34. The van der Waals surface area contributed by atoms with Crippen LogP contribution in [0.25, 0.3) is 0 Å². The summed E-state index contributed by atoms with van der Waals surface area (Å²) in [5.41, 5.74) is 5.85. The van der Waals surface area contributed by atoms with Crippen molar-refractivity contribution in [2.24, 2.45) is 10.2 Å². The number of carbonyl (C=O) groups is 2. The molecule has 2 rings (SSSR count). The highest BCUT2D eigenvalue weighted by atomic mass is 79.9. The molecule has 0 aliphatic rings. The normalized spacial score (nSPS) is 11.1. The molecule has 0 spiro atoms. The van der Waals surface area contributed by atoms with Crippen LogP contribution in [0.3, 0.4) is 0 Å². The van der Waals surface area contributed by atoms with Crippen LogP contribution in [-0.2, 0) is 9.59 Å². The van der Waals surface area contributed by atoms with Gasteiger partial charge in [-0.1, -0.05) is 0 Å². The van der Waals surface area contributed by atoms with Gasteiger partial charge in [-0.05, 0) is 81.1 Å². The number of carbonyl (C=O) groups excluding carboxylic acids is 2. The average molecular weight is 600 g/mol. The van der Waals surface area contributed by atoms with Crippen LogP contribution in [0.2, 0.25) is 0 Å². The number of nitrogens with one attached hydrogen (secondary N) is 2. The summed E-state index contributed by atoms with van der Waals surface area (Å²) in [5.74, 6) is -0.385. The molecule has 4 N–H and O–H groups in total. The van der Waals surface area contributed by atoms with Gasteiger partial charge in [-0.2, -0.15) is 10.2 Å². The Kier molecular flexibility index (Phi) is 10.8. The number of aromatic hydroxyl groups is 2. The van der Waals surface area contributed by atoms with Crippen LogP contribution in [0.4, 0.5) is 0 Å². The van der Waals surface area contributed by atoms with Gasteiger partial charge in [0.2, 0.25) is 11.8 Å². The van der Waals surface area contributed by atoms with Gasteiger partial charge in [-0.15, -0.1) is 0 Å². The molecule has 0 fully saturated rings. The molecule has 2 aromatic carbocycles. The fraction of sp³-hybridized carbons (Fsp3) is 0.273. The summed E-state index contributed by atoms with van der Waals surface area (Å²) in [5, 5.41) is 27.5. The van der Waals surface area contributed by atoms with Crippen molar-refractivity contribution in [2.45, 2.75) is 26.7 Å². The van der Waals surface area contributed by atoms with Crippen LogP contribution in [0.5, 0.6) is 23.0 Å². The number of phenols is 2. The van der Waals surface area contributed by atoms with Crippen molar-refractivity contribution in [1.82, 2.24) is 10.9 Å². The van der Waals surface area contributed by atoms with Crippen molar-refractivity contribution < 1.29 is 29.3 Å². The van der Waals surface area contributed by atoms with Gasteiger partial charge in [0.05, 0.1) is 34.6 Å². The lowest BCUT2D eigenvalue weighted by atomic mass is 10.2. The fourth-order valence-electron chi connectivity index (χ4n) is 2.56. The minimum absolute atomic E-state index is 0.0236. The first-order valence-corrected chi connectivity index (χ1v) is 11.8. The molecule has 0 saturated heterocycles. The van der Waals surface area contributed by atoms with Gasteiger partial charge >= 0.3 is 0 Å². The first kappa shape index (κ1) is 27.1. The lowest BCUT2D eigenvalue weighted by Gasteiger charge is -2.08. The second kappa shape index (κ2) is 13.6. The number of hydrogen-bond acceptors (Lipinski definition) is 8. The smallest absolute Gasteiger partial charge is 0.240 e. The average Bonchev–Trinajstić information content (AvgIpc) is 2.79. The molecule has 0 aliphatic carbocycles. The Bertz CT molecular complexity index is 1010. The van der Waals surface area contributed by atoms with Gasteiger partial charge in [0.1, 0.15) is 0 Å². The minimum Gasteiger partial charge on any atom is -0.503 e. The van der Waals surface area contributed by atoms with E-state index in [2.05, 4.69) is 52.9 Å². The monoisotopic (exact) mass is 598 g/mol. The third kappa shape index (κ3) is 8.34. The quantitative estimate of drug-likeness (QED) is 0.229. The highest BCUT2D eigenvalue weighted by Gasteiger charge is 2.10. The van der Waals surface area contributed by atoms with Crippen molar-refractivity contribution in [1.29, 1.82) is 0 Å². The molecule has 0 atom stereocenters. The molecule has 182 valence electrons. The molecule has 2 amide bonds. The number of phenolic OH excluding ortho intramolecular Hbond substituents is 2. The first-order chi connectivity index (χ1) is 16.2. The molecule has 12 heteroatoms. The molecule has 0 radical (unpaired) electrons. The summed E-state index contributed by atoms with van der Waals surface area (Å²) in [7, 11) is 0. The van der Waals surface area contributed by atoms with E-state index in [0.29, 0.717) is 33.3 Å². The van der Waals surface area contributed by atoms with Crippen LogP contribution in [0.1, 0.15) is 37.8 Å². The van der Waals surface area contributed by atoms with E-state index in [1.807, 2.05) is 0 Å². The molecular weight excluding hydrogens is 576 g/mol. The molecule has 34 heavy (non-hydrogen) atoms. The van der Waals surface area contributed by atoms with Crippen molar-refractivity contribution in [2.75, 3.05) is 13.2 Å². The topological polar surface area (TPSA) is 142 Å². The Labute approximate surface area is 213 Å². The summed E-state index contributed by atoms with van der Waals surface area (Å²) in [6, 6.07) is 6.38. The van der Waals surface area contributed by atoms with Gasteiger partial charge in [-0.25, -0.2) is 10.9 Å². The molecule has 0 saturated carbocycles. The third-order valence-electron chi connectivity index (χ3n) is 4.09. The second-order valence-corrected chi connectivity index (χ2v) is 8.36. The van der Waals surface area contributed by atoms with E-state index in [4.69, 9.17) is 9.47 Å². The lowest BCUT2D eigenvalue weighted by molar-refractivity contribution is -0.126. The number of hydrazone groups is 2. The summed E-state index contributed by atoms with van der Waals surface area (Å²) in [6.07, 6.45) is 2.59. The Morgan fingerprint density at radius 3 is 1.56 bits per heavy atom. The second-order valence-electron chi connectivity index (χ2n) is 6.65. The third-order valence-corrected chi connectivity index (χ3v) is 5.30. The van der Waals surface area contributed by atoms with E-state index in [0.717, 1.165) is 0 Å². The number of amides is 2. The van der Waals surface area contributed by atoms with Gasteiger partial charge in [0.25, 0.3) is 0 Å². The maximum atomic E-state index is 11.9. The van der Waals surface area contributed by atoms with Crippen molar-refractivity contribution in [3.63, 3.8) is 0 Å². The molecule has 0 unspecified atom stereocenters. The molecule has 10 nitrogen and oxygen atoms in total. The Balaban J connectivity index is 1.82. The standard InChI is InChI=1S/C22H24Br2N4O6/c1-3-33-17-9-13(7-15(23)21(17)31)11-25-27-19(29)5-6-20(30)28-26-12-14-8-16(24)22(32)18(10-14)34-4-2/h7-12,31-32H,3-6H2,1-2H3,(H,27,29)(H,28,30). The number of ether oxygens (including phenoxy) is 2. The number of nitrogens with zero attached hydrogens (tertiary/aromatic N) is 2. The predicted molar refractivity (Wildman–Crippen MR) is 135 cm³/mol. The molecule has 0 aliphatic heterocycles. The lowest BCUT2D eigenvalue weighted by Crippen LogP contribution is -2.22. The molecule has 0 aromatic heterocycles. The molecule has 2 aromatic rings. The first-order valence-electron chi connectivity index (χ1n) is 10.2. The summed E-state index contributed by atoms with van der Waals surface area (Å²) in [4.78, 5) is 23.9. The van der Waals surface area contributed by atoms with Crippen LogP contribution < -0.4 is 20.3 Å². The van der Waals surface area contributed by atoms with Crippen molar-refractivity contribution >= 4 is 56.1 Å². The van der Waals surface area contributed by atoms with Gasteiger partial charge in [0.15, 0.2) is 23.0 Å². The van der Waals surface area contributed by atoms with E-state index >= 15 is 0 Å². The molecule has 0 bridgehead atoms. The SMILES string of the molecule is CCOc1cc(C=NNC(=O)CCC(=O)NN=Cc2cc(Br)c(O)c(OCC)c2)cc(Br)c1O. The predicted octanol–water partition coefficient (Wildman–Crippen LogP) is 3.80. The van der Waals surface area contributed by atoms with E-state index in [1.165, 1.54) is 12.4 Å². The van der Waals surface area contributed by atoms with E-state index < -0.39 is 11.8 Å². The van der Waals surface area contributed by atoms with Crippen molar-refractivity contribution in [3.8, 4) is 23.0 Å². The zero-order chi connectivity index (χ0) is 25.1. The van der Waals surface area contributed by atoms with Crippen LogP contribution >= 0.6 is 31.9 Å². The highest BCUT2D eigenvalue weighted by molar-refractivity contribution is 9.10. The largest absolute Gasteiger partial charge is 0.503 e. The summed E-state index contributed by atoms with van der Waals surface area (Å²) < 4.78 is 11.5. The van der Waals surface area contributed by atoms with Gasteiger partial charge < -0.3 is 19.7 Å². The maximum Gasteiger partial charge on any atom is 0.240 e. The number of halogens is 2. The van der Waals surface area contributed by atoms with Crippen LogP contribution in [0, 0.1) is 0 Å². The number of rotatable bonds is 11. The van der Waals surface area contributed by atoms with Gasteiger partial charge in [-0.3, -0.25) is 9.59 Å². The van der Waals surface area contributed by atoms with Crippen LogP contribution in [0.15, 0.2) is 43.4 Å². The maximum absolute atomic E-state index is 11.9. The summed E-state index contributed by atoms with van der Waals surface area (Å²) >= 11 is 6.45. The molecule has 0 heterocycles. The van der Waals surface area contributed by atoms with E-state index in [9.17, 15) is 19.8 Å². The fourth-order valence-corrected chi connectivity index (χ4v) is 3.48. The zero-order valence-electron chi connectivity index (χ0n) is 18.5.